The molecule has 2 N–H and O–H groups in total. The van der Waals surface area contributed by atoms with E-state index in [1.54, 1.807) is 0 Å². The predicted molar refractivity (Wildman–Crippen MR) is 51.4 cm³/mol. The molecule has 0 heterocycles. The van der Waals surface area contributed by atoms with Gasteiger partial charge in [-0.05, 0) is 23.6 Å². The van der Waals surface area contributed by atoms with Gasteiger partial charge in [0.25, 0.3) is 0 Å². The summed E-state index contributed by atoms with van der Waals surface area (Å²) in [6, 6.07) is 6.32. The van der Waals surface area contributed by atoms with E-state index in [1.165, 1.54) is 11.1 Å². The van der Waals surface area contributed by atoms with Gasteiger partial charge in [0.05, 0.1) is 0 Å². The Balaban J connectivity index is 2.99. The smallest absolute Gasteiger partial charge is 0.0222 e. The minimum atomic E-state index is 0.602. The molecular weight excluding hydrogens is 202 g/mol. The first-order valence-corrected chi connectivity index (χ1v) is 4.54. The van der Waals surface area contributed by atoms with Crippen LogP contribution >= 0.6 is 15.9 Å². The second-order valence-electron chi connectivity index (χ2n) is 2.48. The molecule has 11 heavy (non-hydrogen) atoms. The van der Waals surface area contributed by atoms with Crippen molar-refractivity contribution in [3.05, 3.63) is 33.8 Å². The molecule has 0 aliphatic carbocycles. The lowest BCUT2D eigenvalue weighted by Gasteiger charge is -2.02. The van der Waals surface area contributed by atoms with Crippen LogP contribution in [0.4, 0.5) is 0 Å². The van der Waals surface area contributed by atoms with Crippen LogP contribution in [0.5, 0.6) is 0 Å². The maximum atomic E-state index is 5.51. The van der Waals surface area contributed by atoms with Crippen molar-refractivity contribution in [3.8, 4) is 0 Å². The van der Waals surface area contributed by atoms with Crippen molar-refractivity contribution in [2.75, 3.05) is 0 Å². The van der Waals surface area contributed by atoms with Gasteiger partial charge in [-0.25, -0.2) is 0 Å². The molecule has 0 saturated heterocycles. The molecule has 1 aromatic rings. The Morgan fingerprint density at radius 2 is 2.18 bits per heavy atom. The van der Waals surface area contributed by atoms with E-state index in [0.717, 1.165) is 10.9 Å². The van der Waals surface area contributed by atoms with Gasteiger partial charge in [-0.15, -0.1) is 0 Å². The summed E-state index contributed by atoms with van der Waals surface area (Å²) in [6.07, 6.45) is 1.07. The van der Waals surface area contributed by atoms with E-state index in [-0.39, 0.29) is 0 Å². The summed E-state index contributed by atoms with van der Waals surface area (Å²) in [7, 11) is 0. The largest absolute Gasteiger partial charge is 0.326 e. The normalized spacial score (nSPS) is 10.1. The first-order valence-electron chi connectivity index (χ1n) is 3.75. The maximum Gasteiger partial charge on any atom is 0.0222 e. The van der Waals surface area contributed by atoms with Crippen molar-refractivity contribution in [1.82, 2.24) is 0 Å². The molecular formula is C9H12BrN. The highest BCUT2D eigenvalue weighted by Crippen LogP contribution is 2.18. The Labute approximate surface area is 75.7 Å². The lowest BCUT2D eigenvalue weighted by Crippen LogP contribution is -1.97. The highest BCUT2D eigenvalue weighted by atomic mass is 79.9. The highest BCUT2D eigenvalue weighted by Gasteiger charge is 1.97. The highest BCUT2D eigenvalue weighted by molar-refractivity contribution is 9.10. The number of halogens is 1. The molecule has 0 radical (unpaired) electrons. The van der Waals surface area contributed by atoms with Crippen molar-refractivity contribution in [3.63, 3.8) is 0 Å². The van der Waals surface area contributed by atoms with E-state index in [0.29, 0.717) is 6.54 Å². The van der Waals surface area contributed by atoms with Crippen molar-refractivity contribution < 1.29 is 0 Å². The standard InChI is InChI=1S/C9H12BrN/c1-2-7-3-4-8(6-11)9(10)5-7/h3-5H,2,6,11H2,1H3. The molecule has 0 aromatic heterocycles. The van der Waals surface area contributed by atoms with Crippen LogP contribution in [-0.2, 0) is 13.0 Å². The van der Waals surface area contributed by atoms with Crippen LogP contribution in [0.2, 0.25) is 0 Å². The van der Waals surface area contributed by atoms with Gasteiger partial charge in [-0.1, -0.05) is 35.0 Å². The van der Waals surface area contributed by atoms with E-state index in [1.807, 2.05) is 0 Å². The molecule has 1 nitrogen and oxygen atoms in total. The summed E-state index contributed by atoms with van der Waals surface area (Å²) in [6.45, 7) is 2.74. The number of hydrogen-bond donors (Lipinski definition) is 1. The fourth-order valence-electron chi connectivity index (χ4n) is 0.976. The second kappa shape index (κ2) is 3.88. The van der Waals surface area contributed by atoms with E-state index in [4.69, 9.17) is 5.73 Å². The fourth-order valence-corrected chi connectivity index (χ4v) is 1.56. The zero-order valence-corrected chi connectivity index (χ0v) is 8.19. The Bertz CT molecular complexity index is 245. The Morgan fingerprint density at radius 1 is 1.45 bits per heavy atom. The summed E-state index contributed by atoms with van der Waals surface area (Å²) in [5, 5.41) is 0. The molecule has 1 rings (SSSR count). The van der Waals surface area contributed by atoms with Crippen LogP contribution in [-0.4, -0.2) is 0 Å². The Hall–Kier alpha value is -0.340. The van der Waals surface area contributed by atoms with Gasteiger partial charge in [0.1, 0.15) is 0 Å². The van der Waals surface area contributed by atoms with Crippen molar-refractivity contribution in [1.29, 1.82) is 0 Å². The van der Waals surface area contributed by atoms with Gasteiger partial charge < -0.3 is 5.73 Å². The molecule has 0 spiro atoms. The SMILES string of the molecule is CCc1ccc(CN)c(Br)c1. The number of hydrogen-bond acceptors (Lipinski definition) is 1. The third-order valence-corrected chi connectivity index (χ3v) is 2.48. The quantitative estimate of drug-likeness (QED) is 0.803. The monoisotopic (exact) mass is 213 g/mol. The van der Waals surface area contributed by atoms with Crippen LogP contribution in [0.15, 0.2) is 22.7 Å². The van der Waals surface area contributed by atoms with Crippen molar-refractivity contribution >= 4 is 15.9 Å². The Kier molecular flexibility index (Phi) is 3.09. The molecule has 60 valence electrons. The molecule has 0 aliphatic heterocycles. The number of nitrogens with two attached hydrogens (primary N) is 1. The van der Waals surface area contributed by atoms with Gasteiger partial charge in [-0.3, -0.25) is 0 Å². The number of benzene rings is 1. The molecule has 0 atom stereocenters. The lowest BCUT2D eigenvalue weighted by molar-refractivity contribution is 1.05. The van der Waals surface area contributed by atoms with Crippen molar-refractivity contribution in [2.45, 2.75) is 19.9 Å². The molecule has 0 fully saturated rings. The molecule has 0 unspecified atom stereocenters. The van der Waals surface area contributed by atoms with E-state index >= 15 is 0 Å². The third kappa shape index (κ3) is 2.04. The maximum absolute atomic E-state index is 5.51. The summed E-state index contributed by atoms with van der Waals surface area (Å²) >= 11 is 3.47. The van der Waals surface area contributed by atoms with Gasteiger partial charge in [0.15, 0.2) is 0 Å². The van der Waals surface area contributed by atoms with Gasteiger partial charge in [0, 0.05) is 11.0 Å². The molecule has 1 aromatic carbocycles. The first kappa shape index (κ1) is 8.75. The van der Waals surface area contributed by atoms with E-state index in [9.17, 15) is 0 Å². The fraction of sp³-hybridized carbons (Fsp3) is 0.333. The summed E-state index contributed by atoms with van der Waals surface area (Å²) in [5.41, 5.74) is 8.02. The first-order chi connectivity index (χ1) is 5.27. The number of rotatable bonds is 2. The van der Waals surface area contributed by atoms with Gasteiger partial charge in [0.2, 0.25) is 0 Å². The lowest BCUT2D eigenvalue weighted by atomic mass is 10.1. The minimum absolute atomic E-state index is 0.602. The second-order valence-corrected chi connectivity index (χ2v) is 3.34. The summed E-state index contributed by atoms with van der Waals surface area (Å²) in [4.78, 5) is 0. The van der Waals surface area contributed by atoms with Gasteiger partial charge in [-0.2, -0.15) is 0 Å². The van der Waals surface area contributed by atoms with Crippen LogP contribution < -0.4 is 5.73 Å². The Morgan fingerprint density at radius 3 is 2.64 bits per heavy atom. The average molecular weight is 214 g/mol. The van der Waals surface area contributed by atoms with Gasteiger partial charge >= 0.3 is 0 Å². The van der Waals surface area contributed by atoms with Crippen LogP contribution in [0.25, 0.3) is 0 Å². The molecule has 0 aliphatic rings. The molecule has 0 bridgehead atoms. The molecule has 0 amide bonds. The van der Waals surface area contributed by atoms with Crippen molar-refractivity contribution in [2.24, 2.45) is 5.73 Å². The summed E-state index contributed by atoms with van der Waals surface area (Å²) < 4.78 is 1.12. The van der Waals surface area contributed by atoms with Crippen LogP contribution in [0.3, 0.4) is 0 Å². The zero-order valence-electron chi connectivity index (χ0n) is 6.60. The van der Waals surface area contributed by atoms with Crippen LogP contribution in [0.1, 0.15) is 18.1 Å². The minimum Gasteiger partial charge on any atom is -0.326 e. The van der Waals surface area contributed by atoms with Crippen LogP contribution in [0, 0.1) is 0 Å². The average Bonchev–Trinajstić information content (AvgIpc) is 2.04. The zero-order chi connectivity index (χ0) is 8.27. The summed E-state index contributed by atoms with van der Waals surface area (Å²) in [5.74, 6) is 0. The number of aryl methyl sites for hydroxylation is 1. The predicted octanol–water partition coefficient (Wildman–Crippen LogP) is 2.47. The topological polar surface area (TPSA) is 26.0 Å². The third-order valence-electron chi connectivity index (χ3n) is 1.75. The molecule has 2 heteroatoms. The molecule has 0 saturated carbocycles. The van der Waals surface area contributed by atoms with E-state index in [2.05, 4.69) is 41.1 Å². The van der Waals surface area contributed by atoms with E-state index < -0.39 is 0 Å².